The first-order valence-corrected chi connectivity index (χ1v) is 7.26. The topological polar surface area (TPSA) is 39.1 Å². The SMILES string of the molecule is C=CCNc1nccn1C1CCOC(CC)(CC)C1. The molecule has 1 unspecified atom stereocenters. The van der Waals surface area contributed by atoms with E-state index in [1.165, 1.54) is 0 Å². The van der Waals surface area contributed by atoms with Crippen LogP contribution in [-0.4, -0.2) is 28.3 Å². The molecule has 1 atom stereocenters. The molecule has 1 fully saturated rings. The van der Waals surface area contributed by atoms with Crippen LogP contribution in [0.4, 0.5) is 5.95 Å². The van der Waals surface area contributed by atoms with Gasteiger partial charge in [-0.3, -0.25) is 0 Å². The Morgan fingerprint density at radius 1 is 1.58 bits per heavy atom. The predicted octanol–water partition coefficient (Wildman–Crippen LogP) is 3.39. The van der Waals surface area contributed by atoms with Crippen LogP contribution < -0.4 is 5.32 Å². The van der Waals surface area contributed by atoms with E-state index in [1.807, 2.05) is 12.3 Å². The molecule has 0 aliphatic carbocycles. The van der Waals surface area contributed by atoms with Gasteiger partial charge in [-0.15, -0.1) is 6.58 Å². The molecule has 0 amide bonds. The van der Waals surface area contributed by atoms with E-state index in [-0.39, 0.29) is 5.60 Å². The fourth-order valence-electron chi connectivity index (χ4n) is 2.89. The number of nitrogens with zero attached hydrogens (tertiary/aromatic N) is 2. The summed E-state index contributed by atoms with van der Waals surface area (Å²) in [5.41, 5.74) is 0.0445. The smallest absolute Gasteiger partial charge is 0.203 e. The molecule has 1 aliphatic heterocycles. The zero-order valence-electron chi connectivity index (χ0n) is 12.1. The maximum absolute atomic E-state index is 6.04. The molecule has 0 saturated carbocycles. The van der Waals surface area contributed by atoms with Crippen LogP contribution in [0.3, 0.4) is 0 Å². The number of nitrogens with one attached hydrogen (secondary N) is 1. The van der Waals surface area contributed by atoms with Crippen molar-refractivity contribution < 1.29 is 4.74 Å². The lowest BCUT2D eigenvalue weighted by molar-refractivity contribution is -0.0984. The van der Waals surface area contributed by atoms with Gasteiger partial charge in [-0.1, -0.05) is 19.9 Å². The summed E-state index contributed by atoms with van der Waals surface area (Å²) in [7, 11) is 0. The molecule has 0 bridgehead atoms. The Balaban J connectivity index is 2.13. The standard InChI is InChI=1S/C15H25N3O/c1-4-8-16-14-17-9-10-18(14)13-7-11-19-15(5-2,6-3)12-13/h4,9-10,13H,1,5-8,11-12H2,2-3H3,(H,16,17). The van der Waals surface area contributed by atoms with Crippen molar-refractivity contribution >= 4 is 5.95 Å². The summed E-state index contributed by atoms with van der Waals surface area (Å²) in [5, 5.41) is 3.30. The van der Waals surface area contributed by atoms with Crippen molar-refractivity contribution in [1.29, 1.82) is 0 Å². The molecule has 1 saturated heterocycles. The van der Waals surface area contributed by atoms with Crippen molar-refractivity contribution in [2.45, 2.75) is 51.2 Å². The van der Waals surface area contributed by atoms with E-state index in [1.54, 1.807) is 0 Å². The average molecular weight is 263 g/mol. The molecule has 0 spiro atoms. The first kappa shape index (κ1) is 14.1. The average Bonchev–Trinajstić information content (AvgIpc) is 2.93. The first-order chi connectivity index (χ1) is 9.24. The highest BCUT2D eigenvalue weighted by Gasteiger charge is 2.35. The van der Waals surface area contributed by atoms with E-state index in [0.717, 1.165) is 44.8 Å². The van der Waals surface area contributed by atoms with Gasteiger partial charge < -0.3 is 14.6 Å². The van der Waals surface area contributed by atoms with Crippen LogP contribution >= 0.6 is 0 Å². The molecule has 4 heteroatoms. The molecule has 1 aliphatic rings. The number of ether oxygens (including phenoxy) is 1. The van der Waals surface area contributed by atoms with E-state index in [2.05, 4.69) is 41.5 Å². The summed E-state index contributed by atoms with van der Waals surface area (Å²) in [6.07, 6.45) is 10.1. The third kappa shape index (κ3) is 3.00. The lowest BCUT2D eigenvalue weighted by Gasteiger charge is -2.40. The van der Waals surface area contributed by atoms with Gasteiger partial charge in [-0.25, -0.2) is 4.98 Å². The van der Waals surface area contributed by atoms with Gasteiger partial charge in [0.2, 0.25) is 5.95 Å². The van der Waals surface area contributed by atoms with Crippen molar-refractivity contribution in [2.24, 2.45) is 0 Å². The van der Waals surface area contributed by atoms with Crippen LogP contribution in [0.1, 0.15) is 45.6 Å². The van der Waals surface area contributed by atoms with E-state index in [0.29, 0.717) is 6.04 Å². The van der Waals surface area contributed by atoms with Gasteiger partial charge in [-0.2, -0.15) is 0 Å². The zero-order valence-corrected chi connectivity index (χ0v) is 12.1. The molecule has 2 heterocycles. The molecule has 0 radical (unpaired) electrons. The van der Waals surface area contributed by atoms with E-state index in [4.69, 9.17) is 4.74 Å². The quantitative estimate of drug-likeness (QED) is 0.800. The van der Waals surface area contributed by atoms with Crippen molar-refractivity contribution in [1.82, 2.24) is 9.55 Å². The Hall–Kier alpha value is -1.29. The number of hydrogen-bond acceptors (Lipinski definition) is 3. The maximum Gasteiger partial charge on any atom is 0.203 e. The van der Waals surface area contributed by atoms with Gasteiger partial charge in [0.25, 0.3) is 0 Å². The summed E-state index contributed by atoms with van der Waals surface area (Å²) >= 11 is 0. The summed E-state index contributed by atoms with van der Waals surface area (Å²) in [6.45, 7) is 9.75. The number of rotatable bonds is 6. The fraction of sp³-hybridized carbons (Fsp3) is 0.667. The van der Waals surface area contributed by atoms with Crippen molar-refractivity contribution in [3.8, 4) is 0 Å². The Labute approximate surface area is 115 Å². The molecule has 1 N–H and O–H groups in total. The van der Waals surface area contributed by atoms with Gasteiger partial charge in [-0.05, 0) is 25.7 Å². The third-order valence-corrected chi connectivity index (χ3v) is 4.22. The normalized spacial score (nSPS) is 22.1. The van der Waals surface area contributed by atoms with E-state index < -0.39 is 0 Å². The third-order valence-electron chi connectivity index (χ3n) is 4.22. The Kier molecular flexibility index (Phi) is 4.64. The molecule has 2 rings (SSSR count). The second kappa shape index (κ2) is 6.24. The van der Waals surface area contributed by atoms with Gasteiger partial charge in [0.05, 0.1) is 5.60 Å². The summed E-state index contributed by atoms with van der Waals surface area (Å²) in [5.74, 6) is 0.938. The number of imidazole rings is 1. The van der Waals surface area contributed by atoms with Crippen LogP contribution in [0.2, 0.25) is 0 Å². The summed E-state index contributed by atoms with van der Waals surface area (Å²) < 4.78 is 8.30. The zero-order chi connectivity index (χ0) is 13.7. The minimum atomic E-state index is 0.0445. The van der Waals surface area contributed by atoms with Crippen LogP contribution in [0.5, 0.6) is 0 Å². The van der Waals surface area contributed by atoms with Crippen LogP contribution in [0, 0.1) is 0 Å². The fourth-order valence-corrected chi connectivity index (χ4v) is 2.89. The second-order valence-electron chi connectivity index (χ2n) is 5.21. The highest BCUT2D eigenvalue weighted by molar-refractivity contribution is 5.28. The lowest BCUT2D eigenvalue weighted by atomic mass is 9.86. The molecule has 1 aromatic heterocycles. The van der Waals surface area contributed by atoms with Crippen molar-refractivity contribution in [3.05, 3.63) is 25.0 Å². The van der Waals surface area contributed by atoms with Crippen molar-refractivity contribution in [3.63, 3.8) is 0 Å². The largest absolute Gasteiger partial charge is 0.375 e. The van der Waals surface area contributed by atoms with Gasteiger partial charge in [0.1, 0.15) is 0 Å². The van der Waals surface area contributed by atoms with Crippen LogP contribution in [-0.2, 0) is 4.74 Å². The lowest BCUT2D eigenvalue weighted by Crippen LogP contribution is -2.39. The van der Waals surface area contributed by atoms with E-state index >= 15 is 0 Å². The predicted molar refractivity (Wildman–Crippen MR) is 78.4 cm³/mol. The molecule has 19 heavy (non-hydrogen) atoms. The molecular weight excluding hydrogens is 238 g/mol. The van der Waals surface area contributed by atoms with Crippen LogP contribution in [0.25, 0.3) is 0 Å². The summed E-state index contributed by atoms with van der Waals surface area (Å²) in [6, 6.07) is 0.475. The molecule has 1 aromatic rings. The first-order valence-electron chi connectivity index (χ1n) is 7.26. The molecule has 0 aromatic carbocycles. The Bertz CT molecular complexity index is 409. The summed E-state index contributed by atoms with van der Waals surface area (Å²) in [4.78, 5) is 4.39. The minimum absolute atomic E-state index is 0.0445. The number of hydrogen-bond donors (Lipinski definition) is 1. The second-order valence-corrected chi connectivity index (χ2v) is 5.21. The number of anilines is 1. The van der Waals surface area contributed by atoms with Crippen molar-refractivity contribution in [2.75, 3.05) is 18.5 Å². The van der Waals surface area contributed by atoms with Gasteiger partial charge in [0, 0.05) is 31.6 Å². The minimum Gasteiger partial charge on any atom is -0.375 e. The maximum atomic E-state index is 6.04. The van der Waals surface area contributed by atoms with E-state index in [9.17, 15) is 0 Å². The monoisotopic (exact) mass is 263 g/mol. The van der Waals surface area contributed by atoms with Crippen LogP contribution in [0.15, 0.2) is 25.0 Å². The highest BCUT2D eigenvalue weighted by atomic mass is 16.5. The number of aromatic nitrogens is 2. The molecule has 106 valence electrons. The molecular formula is C15H25N3O. The Morgan fingerprint density at radius 3 is 3.05 bits per heavy atom. The van der Waals surface area contributed by atoms with Gasteiger partial charge >= 0.3 is 0 Å². The highest BCUT2D eigenvalue weighted by Crippen LogP contribution is 2.38. The Morgan fingerprint density at radius 2 is 2.37 bits per heavy atom. The van der Waals surface area contributed by atoms with Gasteiger partial charge in [0.15, 0.2) is 0 Å². The molecule has 4 nitrogen and oxygen atoms in total.